The second kappa shape index (κ2) is 11.5. The lowest BCUT2D eigenvalue weighted by molar-refractivity contribution is 0.102. The van der Waals surface area contributed by atoms with Crippen LogP contribution in [0.1, 0.15) is 26.5 Å². The van der Waals surface area contributed by atoms with Crippen LogP contribution in [0.15, 0.2) is 81.2 Å². The Bertz CT molecular complexity index is 2000. The van der Waals surface area contributed by atoms with Crippen LogP contribution in [0.4, 0.5) is 21.6 Å². The van der Waals surface area contributed by atoms with Gasteiger partial charge in [0, 0.05) is 37.3 Å². The topological polar surface area (TPSA) is 154 Å². The molecule has 0 aliphatic carbocycles. The summed E-state index contributed by atoms with van der Waals surface area (Å²) in [6, 6.07) is 14.2. The van der Waals surface area contributed by atoms with Crippen molar-refractivity contribution >= 4 is 49.7 Å². The van der Waals surface area contributed by atoms with Crippen molar-refractivity contribution in [2.45, 2.75) is 16.7 Å². The lowest BCUT2D eigenvalue weighted by Gasteiger charge is -2.34. The summed E-state index contributed by atoms with van der Waals surface area (Å²) in [5.74, 6) is -1.35. The highest BCUT2D eigenvalue weighted by molar-refractivity contribution is 7.91. The lowest BCUT2D eigenvalue weighted by Crippen LogP contribution is -2.44. The number of rotatable bonds is 7. The number of H-pyrrole nitrogens is 1. The molecule has 12 nitrogen and oxygen atoms in total. The molecular formula is C30H28FN7O5S. The molecule has 0 saturated carbocycles. The van der Waals surface area contributed by atoms with Crippen molar-refractivity contribution in [2.75, 3.05) is 48.8 Å². The normalized spacial score (nSPS) is 14.1. The average molecular weight is 618 g/mol. The maximum Gasteiger partial charge on any atom is 0.260 e. The molecule has 1 aliphatic rings. The van der Waals surface area contributed by atoms with Crippen LogP contribution in [-0.4, -0.2) is 73.7 Å². The Balaban J connectivity index is 1.32. The molecule has 3 aromatic carbocycles. The van der Waals surface area contributed by atoms with Crippen molar-refractivity contribution in [3.05, 3.63) is 89.6 Å². The SMILES string of the molecule is Cc1oncc1C(=O)Nc1cc(N2CCN(C)CC2)ccc1C(=O)Nc1n[nH]c2ccc(S(=O)(=O)c3cccc(F)c3)cc12. The number of carbonyl (C=O) groups excluding carboxylic acids is 2. The van der Waals surface area contributed by atoms with Gasteiger partial charge in [-0.2, -0.15) is 5.10 Å². The fourth-order valence-electron chi connectivity index (χ4n) is 5.00. The molecular weight excluding hydrogens is 589 g/mol. The minimum Gasteiger partial charge on any atom is -0.369 e. The summed E-state index contributed by atoms with van der Waals surface area (Å²) in [6.07, 6.45) is 1.31. The number of hydrogen-bond donors (Lipinski definition) is 3. The molecule has 3 heterocycles. The van der Waals surface area contributed by atoms with Crippen LogP contribution in [0.25, 0.3) is 10.9 Å². The Hall–Kier alpha value is -5.08. The van der Waals surface area contributed by atoms with E-state index < -0.39 is 27.5 Å². The number of anilines is 3. The number of fused-ring (bicyclic) bond motifs is 1. The van der Waals surface area contributed by atoms with Crippen LogP contribution in [0.5, 0.6) is 0 Å². The van der Waals surface area contributed by atoms with E-state index in [1.165, 1.54) is 36.5 Å². The molecule has 0 atom stereocenters. The fraction of sp³-hybridized carbons (Fsp3) is 0.200. The minimum atomic E-state index is -4.05. The van der Waals surface area contributed by atoms with Gasteiger partial charge in [0.2, 0.25) is 9.84 Å². The molecule has 6 rings (SSSR count). The third-order valence-electron chi connectivity index (χ3n) is 7.54. The van der Waals surface area contributed by atoms with E-state index in [1.807, 2.05) is 6.07 Å². The summed E-state index contributed by atoms with van der Waals surface area (Å²) in [7, 11) is -2.00. The van der Waals surface area contributed by atoms with E-state index in [0.29, 0.717) is 16.7 Å². The molecule has 0 spiro atoms. The van der Waals surface area contributed by atoms with E-state index in [-0.39, 0.29) is 32.4 Å². The molecule has 226 valence electrons. The van der Waals surface area contributed by atoms with E-state index >= 15 is 0 Å². The molecule has 1 saturated heterocycles. The van der Waals surface area contributed by atoms with Gasteiger partial charge in [-0.1, -0.05) is 11.2 Å². The van der Waals surface area contributed by atoms with Crippen molar-refractivity contribution in [1.29, 1.82) is 0 Å². The number of aromatic amines is 1. The van der Waals surface area contributed by atoms with Gasteiger partial charge in [0.05, 0.1) is 32.8 Å². The van der Waals surface area contributed by atoms with E-state index in [1.54, 1.807) is 19.1 Å². The molecule has 1 aliphatic heterocycles. The second-order valence-corrected chi connectivity index (χ2v) is 12.4. The largest absolute Gasteiger partial charge is 0.369 e. The summed E-state index contributed by atoms with van der Waals surface area (Å²) in [5.41, 5.74) is 1.96. The number of nitrogens with one attached hydrogen (secondary N) is 3. The molecule has 0 bridgehead atoms. The number of benzene rings is 3. The number of nitrogens with zero attached hydrogens (tertiary/aromatic N) is 4. The van der Waals surface area contributed by atoms with E-state index in [2.05, 4.69) is 42.8 Å². The highest BCUT2D eigenvalue weighted by Crippen LogP contribution is 2.30. The molecule has 5 aromatic rings. The van der Waals surface area contributed by atoms with Crippen molar-refractivity contribution in [1.82, 2.24) is 20.3 Å². The van der Waals surface area contributed by atoms with Gasteiger partial charge >= 0.3 is 0 Å². The van der Waals surface area contributed by atoms with Gasteiger partial charge in [0.15, 0.2) is 5.82 Å². The number of carbonyl (C=O) groups is 2. The van der Waals surface area contributed by atoms with Crippen LogP contribution >= 0.6 is 0 Å². The number of hydrogen-bond acceptors (Lipinski definition) is 9. The number of aryl methyl sites for hydroxylation is 1. The van der Waals surface area contributed by atoms with Gasteiger partial charge in [0.25, 0.3) is 11.8 Å². The number of aromatic nitrogens is 3. The van der Waals surface area contributed by atoms with Crippen LogP contribution in [-0.2, 0) is 9.84 Å². The summed E-state index contributed by atoms with van der Waals surface area (Å²) in [5, 5.41) is 16.5. The zero-order chi connectivity index (χ0) is 31.0. The van der Waals surface area contributed by atoms with E-state index in [9.17, 15) is 22.4 Å². The van der Waals surface area contributed by atoms with Gasteiger partial charge < -0.3 is 25.0 Å². The molecule has 14 heteroatoms. The third kappa shape index (κ3) is 5.64. The first-order chi connectivity index (χ1) is 21.1. The van der Waals surface area contributed by atoms with Crippen molar-refractivity contribution in [2.24, 2.45) is 0 Å². The zero-order valence-electron chi connectivity index (χ0n) is 23.8. The highest BCUT2D eigenvalue weighted by atomic mass is 32.2. The number of sulfone groups is 1. The van der Waals surface area contributed by atoms with Gasteiger partial charge in [-0.05, 0) is 68.6 Å². The Morgan fingerprint density at radius 3 is 2.41 bits per heavy atom. The first kappa shape index (κ1) is 29.0. The van der Waals surface area contributed by atoms with E-state index in [0.717, 1.165) is 44.0 Å². The van der Waals surface area contributed by atoms with Gasteiger partial charge in [-0.15, -0.1) is 0 Å². The zero-order valence-corrected chi connectivity index (χ0v) is 24.6. The smallest absolute Gasteiger partial charge is 0.260 e. The number of likely N-dealkylation sites (N-methyl/N-ethyl adjacent to an activating group) is 1. The van der Waals surface area contributed by atoms with Crippen LogP contribution < -0.4 is 15.5 Å². The van der Waals surface area contributed by atoms with Crippen LogP contribution in [0.3, 0.4) is 0 Å². The van der Waals surface area contributed by atoms with Crippen molar-refractivity contribution in [3.63, 3.8) is 0 Å². The molecule has 3 N–H and O–H groups in total. The predicted molar refractivity (Wildman–Crippen MR) is 161 cm³/mol. The Morgan fingerprint density at radius 2 is 1.68 bits per heavy atom. The van der Waals surface area contributed by atoms with Gasteiger partial charge in [-0.25, -0.2) is 12.8 Å². The third-order valence-corrected chi connectivity index (χ3v) is 9.29. The second-order valence-electron chi connectivity index (χ2n) is 10.5. The first-order valence-electron chi connectivity index (χ1n) is 13.7. The molecule has 0 radical (unpaired) electrons. The minimum absolute atomic E-state index is 0.0802. The molecule has 0 unspecified atom stereocenters. The summed E-state index contributed by atoms with van der Waals surface area (Å²) >= 11 is 0. The quantitative estimate of drug-likeness (QED) is 0.245. The van der Waals surface area contributed by atoms with Gasteiger partial charge in [0.1, 0.15) is 17.1 Å². The van der Waals surface area contributed by atoms with Crippen molar-refractivity contribution < 1.29 is 26.9 Å². The number of amides is 2. The van der Waals surface area contributed by atoms with Crippen molar-refractivity contribution in [3.8, 4) is 0 Å². The Morgan fingerprint density at radius 1 is 0.932 bits per heavy atom. The summed E-state index contributed by atoms with van der Waals surface area (Å²) < 4.78 is 45.2. The number of piperazine rings is 1. The summed E-state index contributed by atoms with van der Waals surface area (Å²) in [4.78, 5) is 30.9. The van der Waals surface area contributed by atoms with Crippen LogP contribution in [0.2, 0.25) is 0 Å². The Labute approximate surface area is 251 Å². The maximum absolute atomic E-state index is 13.8. The molecule has 1 fully saturated rings. The standard InChI is InChI=1S/C30H28FN7O5S/c1-18-25(17-32-43-18)30(40)33-27-15-20(38-12-10-37(2)11-13-38)6-8-23(27)29(39)34-28-24-16-22(7-9-26(24)35-36-28)44(41,42)21-5-3-4-19(31)14-21/h3-9,14-17H,10-13H2,1-2H3,(H,33,40)(H2,34,35,36,39). The first-order valence-corrected chi connectivity index (χ1v) is 15.2. The van der Waals surface area contributed by atoms with Crippen LogP contribution in [0, 0.1) is 12.7 Å². The highest BCUT2D eigenvalue weighted by Gasteiger charge is 2.23. The predicted octanol–water partition coefficient (Wildman–Crippen LogP) is 4.09. The molecule has 44 heavy (non-hydrogen) atoms. The van der Waals surface area contributed by atoms with Gasteiger partial charge in [-0.3, -0.25) is 14.7 Å². The fourth-order valence-corrected chi connectivity index (χ4v) is 6.32. The molecule has 2 amide bonds. The Kier molecular flexibility index (Phi) is 7.61. The van der Waals surface area contributed by atoms with E-state index in [4.69, 9.17) is 4.52 Å². The summed E-state index contributed by atoms with van der Waals surface area (Å²) in [6.45, 7) is 4.90. The number of halogens is 1. The molecule has 2 aromatic heterocycles. The lowest BCUT2D eigenvalue weighted by atomic mass is 10.1. The maximum atomic E-state index is 13.8. The average Bonchev–Trinajstić information content (AvgIpc) is 3.63. The monoisotopic (exact) mass is 617 g/mol.